The molecule has 0 heterocycles. The van der Waals surface area contributed by atoms with Crippen molar-refractivity contribution in [1.29, 1.82) is 0 Å². The molecule has 0 bridgehead atoms. The molecule has 0 aliphatic carbocycles. The molecule has 0 aromatic heterocycles. The fourth-order valence-electron chi connectivity index (χ4n) is 1.79. The van der Waals surface area contributed by atoms with Crippen LogP contribution in [0.4, 0.5) is 8.78 Å². The van der Waals surface area contributed by atoms with Gasteiger partial charge in [0.05, 0.1) is 6.04 Å². The van der Waals surface area contributed by atoms with Gasteiger partial charge >= 0.3 is 0 Å². The van der Waals surface area contributed by atoms with Crippen molar-refractivity contribution in [3.63, 3.8) is 0 Å². The Labute approximate surface area is 108 Å². The molecule has 5 heteroatoms. The predicted octanol–water partition coefficient (Wildman–Crippen LogP) is 3.17. The summed E-state index contributed by atoms with van der Waals surface area (Å²) in [6.45, 7) is 0. The van der Waals surface area contributed by atoms with Crippen molar-refractivity contribution in [1.82, 2.24) is 5.43 Å². The maximum absolute atomic E-state index is 13.2. The summed E-state index contributed by atoms with van der Waals surface area (Å²) in [5.41, 5.74) is 3.75. The van der Waals surface area contributed by atoms with E-state index in [0.717, 1.165) is 0 Å². The summed E-state index contributed by atoms with van der Waals surface area (Å²) in [4.78, 5) is 0. The summed E-state index contributed by atoms with van der Waals surface area (Å²) in [5.74, 6) is 4.67. The van der Waals surface area contributed by atoms with Gasteiger partial charge in [0, 0.05) is 5.02 Å². The van der Waals surface area contributed by atoms with Crippen molar-refractivity contribution in [3.8, 4) is 0 Å². The fourth-order valence-corrected chi connectivity index (χ4v) is 2.06. The van der Waals surface area contributed by atoms with E-state index >= 15 is 0 Å². The molecule has 2 nitrogen and oxygen atoms in total. The number of rotatable bonds is 3. The highest BCUT2D eigenvalue weighted by atomic mass is 35.5. The largest absolute Gasteiger partial charge is 0.271 e. The first kappa shape index (κ1) is 13.0. The highest BCUT2D eigenvalue weighted by Gasteiger charge is 2.16. The number of hydrazine groups is 1. The van der Waals surface area contributed by atoms with E-state index in [0.29, 0.717) is 11.1 Å². The lowest BCUT2D eigenvalue weighted by Crippen LogP contribution is -2.29. The Hall–Kier alpha value is -1.49. The second-order valence-electron chi connectivity index (χ2n) is 3.82. The summed E-state index contributed by atoms with van der Waals surface area (Å²) < 4.78 is 26.2. The van der Waals surface area contributed by atoms with Crippen LogP contribution >= 0.6 is 11.6 Å². The molecule has 0 saturated carbocycles. The smallest absolute Gasteiger partial charge is 0.124 e. The lowest BCUT2D eigenvalue weighted by atomic mass is 9.99. The Morgan fingerprint density at radius 2 is 1.78 bits per heavy atom. The van der Waals surface area contributed by atoms with Crippen LogP contribution < -0.4 is 11.3 Å². The van der Waals surface area contributed by atoms with Gasteiger partial charge in [0.1, 0.15) is 11.6 Å². The second-order valence-corrected chi connectivity index (χ2v) is 4.23. The van der Waals surface area contributed by atoms with Crippen LogP contribution in [0.15, 0.2) is 42.5 Å². The molecule has 0 aliphatic heterocycles. The third-order valence-electron chi connectivity index (χ3n) is 2.62. The number of hydrogen-bond acceptors (Lipinski definition) is 2. The van der Waals surface area contributed by atoms with E-state index in [-0.39, 0.29) is 10.8 Å². The molecule has 0 fully saturated rings. The van der Waals surface area contributed by atoms with Crippen LogP contribution in [-0.2, 0) is 0 Å². The van der Waals surface area contributed by atoms with E-state index < -0.39 is 11.9 Å². The van der Waals surface area contributed by atoms with Crippen molar-refractivity contribution in [3.05, 3.63) is 70.2 Å². The van der Waals surface area contributed by atoms with Crippen LogP contribution in [0, 0.1) is 11.6 Å². The van der Waals surface area contributed by atoms with Gasteiger partial charge in [0.15, 0.2) is 0 Å². The van der Waals surface area contributed by atoms with Crippen molar-refractivity contribution in [2.24, 2.45) is 5.84 Å². The van der Waals surface area contributed by atoms with Gasteiger partial charge < -0.3 is 0 Å². The average molecular weight is 269 g/mol. The van der Waals surface area contributed by atoms with Crippen molar-refractivity contribution in [2.75, 3.05) is 0 Å². The Balaban J connectivity index is 2.45. The Bertz CT molecular complexity index is 560. The standard InChI is InChI=1S/C13H11ClF2N2/c14-12-7-10(16)4-5-11(12)13(18-17)8-2-1-3-9(15)6-8/h1-7,13,18H,17H2. The molecule has 2 aromatic rings. The molecule has 1 atom stereocenters. The van der Waals surface area contributed by atoms with Crippen molar-refractivity contribution < 1.29 is 8.78 Å². The first-order chi connectivity index (χ1) is 8.61. The van der Waals surface area contributed by atoms with Gasteiger partial charge in [0.25, 0.3) is 0 Å². The minimum absolute atomic E-state index is 0.238. The molecular formula is C13H11ClF2N2. The summed E-state index contributed by atoms with van der Waals surface area (Å²) >= 11 is 5.96. The van der Waals surface area contributed by atoms with Gasteiger partial charge in [-0.05, 0) is 35.4 Å². The van der Waals surface area contributed by atoms with E-state index in [2.05, 4.69) is 5.43 Å². The molecule has 1 unspecified atom stereocenters. The summed E-state index contributed by atoms with van der Waals surface area (Å²) in [5, 5.41) is 0.238. The van der Waals surface area contributed by atoms with E-state index in [9.17, 15) is 8.78 Å². The molecule has 2 rings (SSSR count). The van der Waals surface area contributed by atoms with Crippen LogP contribution in [0.2, 0.25) is 5.02 Å². The number of benzene rings is 2. The average Bonchev–Trinajstić information content (AvgIpc) is 2.33. The molecule has 3 N–H and O–H groups in total. The second kappa shape index (κ2) is 5.44. The quantitative estimate of drug-likeness (QED) is 0.663. The lowest BCUT2D eigenvalue weighted by Gasteiger charge is -2.18. The molecule has 0 radical (unpaired) electrons. The monoisotopic (exact) mass is 268 g/mol. The topological polar surface area (TPSA) is 38.0 Å². The molecule has 2 aromatic carbocycles. The van der Waals surface area contributed by atoms with E-state index in [1.165, 1.54) is 30.3 Å². The van der Waals surface area contributed by atoms with Gasteiger partial charge in [0.2, 0.25) is 0 Å². The Morgan fingerprint density at radius 3 is 2.39 bits per heavy atom. The zero-order valence-electron chi connectivity index (χ0n) is 9.33. The lowest BCUT2D eigenvalue weighted by molar-refractivity contribution is 0.601. The molecule has 0 amide bonds. The molecule has 0 saturated heterocycles. The van der Waals surface area contributed by atoms with E-state index in [1.54, 1.807) is 12.1 Å². The number of nitrogens with two attached hydrogens (primary N) is 1. The molecule has 94 valence electrons. The van der Waals surface area contributed by atoms with Gasteiger partial charge in [-0.3, -0.25) is 5.84 Å². The molecule has 18 heavy (non-hydrogen) atoms. The first-order valence-corrected chi connectivity index (χ1v) is 5.66. The maximum atomic E-state index is 13.2. The number of nitrogens with one attached hydrogen (secondary N) is 1. The minimum Gasteiger partial charge on any atom is -0.271 e. The van der Waals surface area contributed by atoms with Crippen molar-refractivity contribution in [2.45, 2.75) is 6.04 Å². The van der Waals surface area contributed by atoms with Crippen LogP contribution in [-0.4, -0.2) is 0 Å². The Morgan fingerprint density at radius 1 is 1.06 bits per heavy atom. The normalized spacial score (nSPS) is 12.4. The van der Waals surface area contributed by atoms with Crippen LogP contribution in [0.5, 0.6) is 0 Å². The molecular weight excluding hydrogens is 258 g/mol. The van der Waals surface area contributed by atoms with E-state index in [4.69, 9.17) is 17.4 Å². The van der Waals surface area contributed by atoms with Gasteiger partial charge in [-0.15, -0.1) is 0 Å². The summed E-state index contributed by atoms with van der Waals surface area (Å²) in [7, 11) is 0. The van der Waals surface area contributed by atoms with Crippen LogP contribution in [0.3, 0.4) is 0 Å². The maximum Gasteiger partial charge on any atom is 0.124 e. The third-order valence-corrected chi connectivity index (χ3v) is 2.95. The first-order valence-electron chi connectivity index (χ1n) is 5.28. The SMILES string of the molecule is NNC(c1cccc(F)c1)c1ccc(F)cc1Cl. The highest BCUT2D eigenvalue weighted by molar-refractivity contribution is 6.31. The fraction of sp³-hybridized carbons (Fsp3) is 0.0769. The van der Waals surface area contributed by atoms with Gasteiger partial charge in [-0.2, -0.15) is 0 Å². The van der Waals surface area contributed by atoms with Crippen molar-refractivity contribution >= 4 is 11.6 Å². The zero-order chi connectivity index (χ0) is 13.1. The molecule has 0 spiro atoms. The predicted molar refractivity (Wildman–Crippen MR) is 67.0 cm³/mol. The van der Waals surface area contributed by atoms with E-state index in [1.807, 2.05) is 0 Å². The Kier molecular flexibility index (Phi) is 3.91. The summed E-state index contributed by atoms with van der Waals surface area (Å²) in [6.07, 6.45) is 0. The van der Waals surface area contributed by atoms with Gasteiger partial charge in [-0.1, -0.05) is 29.8 Å². The number of halogens is 3. The van der Waals surface area contributed by atoms with Crippen LogP contribution in [0.1, 0.15) is 17.2 Å². The molecule has 0 aliphatic rings. The summed E-state index contributed by atoms with van der Waals surface area (Å²) in [6, 6.07) is 9.49. The number of hydrogen-bond donors (Lipinski definition) is 2. The minimum atomic E-state index is -0.492. The third kappa shape index (κ3) is 2.67. The highest BCUT2D eigenvalue weighted by Crippen LogP contribution is 2.28. The van der Waals surface area contributed by atoms with Crippen LogP contribution in [0.25, 0.3) is 0 Å². The van der Waals surface area contributed by atoms with Gasteiger partial charge in [-0.25, -0.2) is 14.2 Å². The zero-order valence-corrected chi connectivity index (χ0v) is 10.1.